The maximum Gasteiger partial charge on any atom is 0.253 e. The number of nitrogens with zero attached hydrogens (tertiary/aromatic N) is 2. The fraction of sp³-hybridized carbons (Fsp3) is 0.375. The number of methoxy groups -OCH3 is 2. The summed E-state index contributed by atoms with van der Waals surface area (Å²) in [7, 11) is -0.332. The van der Waals surface area contributed by atoms with E-state index in [1.165, 1.54) is 32.5 Å². The topological polar surface area (TPSA) is 144 Å². The number of aromatic nitrogens is 1. The van der Waals surface area contributed by atoms with Gasteiger partial charge in [-0.2, -0.15) is 0 Å². The molecule has 4 bridgehead atoms. The van der Waals surface area contributed by atoms with Gasteiger partial charge in [-0.3, -0.25) is 19.4 Å². The lowest BCUT2D eigenvalue weighted by Crippen LogP contribution is -2.49. The molecular formula is C32H38N4O7S. The molecule has 3 aromatic rings. The van der Waals surface area contributed by atoms with Crippen LogP contribution in [0.4, 0.5) is 0 Å². The molecule has 2 heterocycles. The maximum atomic E-state index is 13.7. The molecule has 12 heteroatoms. The summed E-state index contributed by atoms with van der Waals surface area (Å²) in [6.45, 7) is 4.45. The summed E-state index contributed by atoms with van der Waals surface area (Å²) >= 11 is 0. The molecule has 2 N–H and O–H groups in total. The van der Waals surface area contributed by atoms with Gasteiger partial charge in [0.1, 0.15) is 6.04 Å². The van der Waals surface area contributed by atoms with E-state index in [0.29, 0.717) is 34.6 Å². The standard InChI is InChI=1S/C32H38N4O7S/c1-20(2)12-27-32(39)34-10-11-36(29(37)15-21-6-8-25(9-7-21)44(5,40)41)19-22-13-26(30(43-4)28(14-22)42-3)23-16-24(18-33-17-23)31(38)35-27/h6-9,13-14,16-18,20,27H,10-12,15,19H2,1-5H3,(H,34,39)(H,35,38)/t27-/m1/s1. The zero-order valence-electron chi connectivity index (χ0n) is 25.5. The molecule has 0 saturated carbocycles. The molecule has 1 atom stereocenters. The number of benzene rings is 2. The van der Waals surface area contributed by atoms with Crippen molar-refractivity contribution < 1.29 is 32.3 Å². The summed E-state index contributed by atoms with van der Waals surface area (Å²) in [5.74, 6) is 0.00620. The van der Waals surface area contributed by atoms with E-state index in [-0.39, 0.29) is 54.2 Å². The van der Waals surface area contributed by atoms with E-state index in [1.54, 1.807) is 35.4 Å². The summed E-state index contributed by atoms with van der Waals surface area (Å²) in [5.41, 5.74) is 2.88. The first-order chi connectivity index (χ1) is 20.9. The number of amides is 3. The van der Waals surface area contributed by atoms with Crippen molar-refractivity contribution in [3.8, 4) is 22.6 Å². The van der Waals surface area contributed by atoms with Crippen molar-refractivity contribution in [1.82, 2.24) is 20.5 Å². The molecule has 0 aliphatic carbocycles. The molecule has 0 radical (unpaired) electrons. The van der Waals surface area contributed by atoms with Crippen LogP contribution < -0.4 is 20.1 Å². The molecule has 11 nitrogen and oxygen atoms in total. The molecule has 3 amide bonds. The Morgan fingerprint density at radius 3 is 2.39 bits per heavy atom. The lowest BCUT2D eigenvalue weighted by molar-refractivity contribution is -0.131. The van der Waals surface area contributed by atoms with Gasteiger partial charge in [0.15, 0.2) is 21.3 Å². The zero-order chi connectivity index (χ0) is 32.0. The summed E-state index contributed by atoms with van der Waals surface area (Å²) in [4.78, 5) is 46.2. The average molecular weight is 623 g/mol. The molecule has 2 aromatic carbocycles. The summed E-state index contributed by atoms with van der Waals surface area (Å²) in [6.07, 6.45) is 4.62. The van der Waals surface area contributed by atoms with Crippen molar-refractivity contribution in [2.45, 2.75) is 44.2 Å². The van der Waals surface area contributed by atoms with Gasteiger partial charge in [-0.15, -0.1) is 0 Å². The average Bonchev–Trinajstić information content (AvgIpc) is 2.98. The van der Waals surface area contributed by atoms with Crippen molar-refractivity contribution in [1.29, 1.82) is 0 Å². The Bertz CT molecular complexity index is 1640. The van der Waals surface area contributed by atoms with Gasteiger partial charge in [-0.1, -0.05) is 26.0 Å². The second kappa shape index (κ2) is 13.9. The van der Waals surface area contributed by atoms with Gasteiger partial charge in [0, 0.05) is 49.4 Å². The van der Waals surface area contributed by atoms with Gasteiger partial charge >= 0.3 is 0 Å². The van der Waals surface area contributed by atoms with Crippen LogP contribution in [0.25, 0.3) is 11.1 Å². The number of ether oxygens (including phenoxy) is 2. The van der Waals surface area contributed by atoms with Crippen molar-refractivity contribution in [2.75, 3.05) is 33.6 Å². The van der Waals surface area contributed by atoms with E-state index in [9.17, 15) is 22.8 Å². The number of pyridine rings is 1. The van der Waals surface area contributed by atoms with Crippen LogP contribution in [0.5, 0.6) is 11.5 Å². The Balaban J connectivity index is 1.75. The number of nitrogens with one attached hydrogen (secondary N) is 2. The maximum absolute atomic E-state index is 13.7. The smallest absolute Gasteiger partial charge is 0.253 e. The normalized spacial score (nSPS) is 16.0. The molecule has 1 aliphatic heterocycles. The third-order valence-electron chi connectivity index (χ3n) is 7.29. The number of sulfone groups is 1. The first kappa shape index (κ1) is 32.5. The van der Waals surface area contributed by atoms with E-state index >= 15 is 0 Å². The van der Waals surface area contributed by atoms with Crippen molar-refractivity contribution in [3.05, 3.63) is 71.5 Å². The number of carbonyl (C=O) groups excluding carboxylic acids is 3. The van der Waals surface area contributed by atoms with Gasteiger partial charge in [0.2, 0.25) is 11.8 Å². The van der Waals surface area contributed by atoms with E-state index in [1.807, 2.05) is 19.9 Å². The molecule has 0 saturated heterocycles. The molecule has 4 rings (SSSR count). The summed E-state index contributed by atoms with van der Waals surface area (Å²) in [5, 5.41) is 5.73. The quantitative estimate of drug-likeness (QED) is 0.409. The molecule has 1 aromatic heterocycles. The first-order valence-electron chi connectivity index (χ1n) is 14.2. The predicted octanol–water partition coefficient (Wildman–Crippen LogP) is 3.01. The molecule has 0 spiro atoms. The van der Waals surface area contributed by atoms with Crippen LogP contribution in [-0.2, 0) is 32.4 Å². The molecule has 0 fully saturated rings. The fourth-order valence-electron chi connectivity index (χ4n) is 5.07. The molecule has 44 heavy (non-hydrogen) atoms. The Kier molecular flexibility index (Phi) is 10.3. The Morgan fingerprint density at radius 1 is 1.05 bits per heavy atom. The second-order valence-electron chi connectivity index (χ2n) is 11.2. The van der Waals surface area contributed by atoms with Gasteiger partial charge < -0.3 is 25.0 Å². The summed E-state index contributed by atoms with van der Waals surface area (Å²) < 4.78 is 35.1. The lowest BCUT2D eigenvalue weighted by Gasteiger charge is -2.25. The highest BCUT2D eigenvalue weighted by Crippen LogP contribution is 2.39. The number of hydrogen-bond acceptors (Lipinski definition) is 8. The zero-order valence-corrected chi connectivity index (χ0v) is 26.4. The second-order valence-corrected chi connectivity index (χ2v) is 13.2. The van der Waals surface area contributed by atoms with Gasteiger partial charge in [0.25, 0.3) is 5.91 Å². The van der Waals surface area contributed by atoms with Crippen LogP contribution in [0.3, 0.4) is 0 Å². The van der Waals surface area contributed by atoms with Gasteiger partial charge in [0.05, 0.1) is 31.1 Å². The fourth-order valence-corrected chi connectivity index (χ4v) is 5.70. The SMILES string of the molecule is COc1cc2cc(c1OC)-c1cncc(c1)C(=O)N[C@H](CC(C)C)C(=O)NCCN(C(=O)Cc1ccc(S(C)(=O)=O)cc1)C2. The third kappa shape index (κ3) is 7.93. The monoisotopic (exact) mass is 622 g/mol. The van der Waals surface area contributed by atoms with Crippen molar-refractivity contribution >= 4 is 27.6 Å². The minimum Gasteiger partial charge on any atom is -0.493 e. The van der Waals surface area contributed by atoms with Gasteiger partial charge in [-0.25, -0.2) is 8.42 Å². The number of fused-ring (bicyclic) bond motifs is 5. The molecule has 1 aliphatic rings. The Hall–Kier alpha value is -4.45. The molecule has 234 valence electrons. The lowest BCUT2D eigenvalue weighted by atomic mass is 10.00. The van der Waals surface area contributed by atoms with Crippen LogP contribution in [0, 0.1) is 5.92 Å². The van der Waals surface area contributed by atoms with E-state index < -0.39 is 21.8 Å². The van der Waals surface area contributed by atoms with Gasteiger partial charge in [-0.05, 0) is 53.8 Å². The van der Waals surface area contributed by atoms with Crippen molar-refractivity contribution in [2.24, 2.45) is 5.92 Å². The highest BCUT2D eigenvalue weighted by atomic mass is 32.2. The van der Waals surface area contributed by atoms with Crippen LogP contribution in [0.2, 0.25) is 0 Å². The van der Waals surface area contributed by atoms with E-state index in [2.05, 4.69) is 15.6 Å². The Labute approximate surface area is 257 Å². The highest BCUT2D eigenvalue weighted by Gasteiger charge is 2.25. The minimum atomic E-state index is -3.37. The Morgan fingerprint density at radius 2 is 1.75 bits per heavy atom. The highest BCUT2D eigenvalue weighted by molar-refractivity contribution is 7.90. The molecular weight excluding hydrogens is 584 g/mol. The van der Waals surface area contributed by atoms with Crippen LogP contribution >= 0.6 is 0 Å². The molecule has 0 unspecified atom stereocenters. The van der Waals surface area contributed by atoms with Crippen LogP contribution in [0.15, 0.2) is 59.8 Å². The summed E-state index contributed by atoms with van der Waals surface area (Å²) in [6, 6.07) is 10.7. The first-order valence-corrected chi connectivity index (χ1v) is 16.1. The minimum absolute atomic E-state index is 0.0239. The van der Waals surface area contributed by atoms with Crippen LogP contribution in [-0.4, -0.2) is 75.6 Å². The number of rotatable bonds is 7. The van der Waals surface area contributed by atoms with Crippen LogP contribution in [0.1, 0.15) is 41.8 Å². The van der Waals surface area contributed by atoms with E-state index in [4.69, 9.17) is 9.47 Å². The predicted molar refractivity (Wildman–Crippen MR) is 165 cm³/mol. The third-order valence-corrected chi connectivity index (χ3v) is 8.42. The largest absolute Gasteiger partial charge is 0.493 e. The van der Waals surface area contributed by atoms with Crippen molar-refractivity contribution in [3.63, 3.8) is 0 Å². The number of hydrogen-bond donors (Lipinski definition) is 2. The van der Waals surface area contributed by atoms with E-state index in [0.717, 1.165) is 11.8 Å². The number of carbonyl (C=O) groups is 3.